The highest BCUT2D eigenvalue weighted by molar-refractivity contribution is 6.32. The minimum atomic E-state index is -4.53. The zero-order valence-corrected chi connectivity index (χ0v) is 11.4. The second-order valence-electron chi connectivity index (χ2n) is 4.66. The van der Waals surface area contributed by atoms with Crippen LogP contribution in [0, 0.1) is 0 Å². The van der Waals surface area contributed by atoms with Gasteiger partial charge in [-0.05, 0) is 11.6 Å². The summed E-state index contributed by atoms with van der Waals surface area (Å²) in [5.74, 6) is 0. The molecule has 1 aliphatic heterocycles. The number of nitrogens with zero attached hydrogens (tertiary/aromatic N) is 1. The SMILES string of the molecule is FC[C@@H](c1cccc(C(F)(F)F)c1Cl)N1CCNCC1. The van der Waals surface area contributed by atoms with Crippen molar-refractivity contribution in [3.05, 3.63) is 34.3 Å². The molecule has 0 bridgehead atoms. The Bertz CT molecular complexity index is 458. The first-order chi connectivity index (χ1) is 9.45. The highest BCUT2D eigenvalue weighted by Crippen LogP contribution is 2.39. The molecule has 20 heavy (non-hydrogen) atoms. The average Bonchev–Trinajstić information content (AvgIpc) is 2.41. The fourth-order valence-corrected chi connectivity index (χ4v) is 2.76. The van der Waals surface area contributed by atoms with E-state index in [9.17, 15) is 17.6 Å². The first-order valence-electron chi connectivity index (χ1n) is 6.31. The number of nitrogens with one attached hydrogen (secondary N) is 1. The van der Waals surface area contributed by atoms with E-state index in [-0.39, 0.29) is 5.56 Å². The zero-order valence-electron chi connectivity index (χ0n) is 10.7. The predicted octanol–water partition coefficient (Wildman–Crippen LogP) is 3.27. The minimum Gasteiger partial charge on any atom is -0.314 e. The molecule has 1 fully saturated rings. The summed E-state index contributed by atoms with van der Waals surface area (Å²) in [5, 5.41) is 2.72. The van der Waals surface area contributed by atoms with E-state index >= 15 is 0 Å². The third-order valence-electron chi connectivity index (χ3n) is 3.43. The maximum absolute atomic E-state index is 13.3. The lowest BCUT2D eigenvalue weighted by molar-refractivity contribution is -0.137. The Balaban J connectivity index is 2.34. The van der Waals surface area contributed by atoms with Crippen molar-refractivity contribution in [2.24, 2.45) is 0 Å². The second-order valence-corrected chi connectivity index (χ2v) is 5.04. The van der Waals surface area contributed by atoms with Gasteiger partial charge in [-0.15, -0.1) is 0 Å². The van der Waals surface area contributed by atoms with E-state index < -0.39 is 29.5 Å². The molecule has 1 aliphatic rings. The van der Waals surface area contributed by atoms with Gasteiger partial charge < -0.3 is 5.32 Å². The molecule has 0 saturated carbocycles. The summed E-state index contributed by atoms with van der Waals surface area (Å²) < 4.78 is 51.8. The lowest BCUT2D eigenvalue weighted by Crippen LogP contribution is -2.45. The van der Waals surface area contributed by atoms with Crippen molar-refractivity contribution in [3.8, 4) is 0 Å². The number of hydrogen-bond donors (Lipinski definition) is 1. The topological polar surface area (TPSA) is 15.3 Å². The van der Waals surface area contributed by atoms with Crippen molar-refractivity contribution >= 4 is 11.6 Å². The van der Waals surface area contributed by atoms with E-state index in [0.29, 0.717) is 26.2 Å². The molecule has 1 aromatic carbocycles. The molecule has 1 atom stereocenters. The van der Waals surface area contributed by atoms with Crippen LogP contribution in [0.15, 0.2) is 18.2 Å². The lowest BCUT2D eigenvalue weighted by Gasteiger charge is -2.34. The average molecular weight is 311 g/mol. The largest absolute Gasteiger partial charge is 0.417 e. The quantitative estimate of drug-likeness (QED) is 0.862. The molecule has 0 unspecified atom stereocenters. The first-order valence-corrected chi connectivity index (χ1v) is 6.69. The van der Waals surface area contributed by atoms with Crippen LogP contribution >= 0.6 is 11.6 Å². The van der Waals surface area contributed by atoms with Gasteiger partial charge in [0.05, 0.1) is 16.6 Å². The molecule has 2 rings (SSSR count). The van der Waals surface area contributed by atoms with Crippen molar-refractivity contribution < 1.29 is 17.6 Å². The summed E-state index contributed by atoms with van der Waals surface area (Å²) in [6.07, 6.45) is -4.53. The van der Waals surface area contributed by atoms with Crippen molar-refractivity contribution in [2.75, 3.05) is 32.9 Å². The maximum atomic E-state index is 13.3. The number of rotatable bonds is 3. The molecule has 0 radical (unpaired) electrons. The summed E-state index contributed by atoms with van der Waals surface area (Å²) in [5.41, 5.74) is -0.712. The van der Waals surface area contributed by atoms with Crippen LogP contribution in [0.1, 0.15) is 17.2 Å². The zero-order chi connectivity index (χ0) is 14.8. The van der Waals surface area contributed by atoms with Gasteiger partial charge in [0.15, 0.2) is 0 Å². The molecule has 112 valence electrons. The fourth-order valence-electron chi connectivity index (χ4n) is 2.40. The van der Waals surface area contributed by atoms with Crippen LogP contribution in [0.2, 0.25) is 5.02 Å². The number of hydrogen-bond acceptors (Lipinski definition) is 2. The lowest BCUT2D eigenvalue weighted by atomic mass is 10.0. The van der Waals surface area contributed by atoms with Gasteiger partial charge in [-0.2, -0.15) is 13.2 Å². The molecule has 0 spiro atoms. The normalized spacial score (nSPS) is 19.1. The van der Waals surface area contributed by atoms with Crippen LogP contribution in [0.3, 0.4) is 0 Å². The number of alkyl halides is 4. The molecule has 0 amide bonds. The van der Waals surface area contributed by atoms with E-state index in [1.165, 1.54) is 12.1 Å². The molecule has 7 heteroatoms. The molecule has 1 heterocycles. The molecule has 0 aromatic heterocycles. The van der Waals surface area contributed by atoms with Crippen LogP contribution in [0.5, 0.6) is 0 Å². The van der Waals surface area contributed by atoms with E-state index in [2.05, 4.69) is 5.32 Å². The van der Waals surface area contributed by atoms with Crippen LogP contribution < -0.4 is 5.32 Å². The third kappa shape index (κ3) is 3.24. The minimum absolute atomic E-state index is 0.200. The standard InChI is InChI=1S/C13H15ClF4N2/c14-12-9(2-1-3-10(12)13(16,17)18)11(8-15)20-6-4-19-5-7-20/h1-3,11,19H,4-8H2/t11-/m0/s1. The van der Waals surface area contributed by atoms with Gasteiger partial charge in [-0.1, -0.05) is 23.7 Å². The van der Waals surface area contributed by atoms with Crippen LogP contribution in [-0.2, 0) is 6.18 Å². The molecular formula is C13H15ClF4N2. The predicted molar refractivity (Wildman–Crippen MR) is 69.6 cm³/mol. The highest BCUT2D eigenvalue weighted by Gasteiger charge is 2.35. The molecule has 1 aromatic rings. The molecular weight excluding hydrogens is 296 g/mol. The summed E-state index contributed by atoms with van der Waals surface area (Å²) in [6, 6.07) is 2.92. The van der Waals surface area contributed by atoms with Crippen LogP contribution in [0.25, 0.3) is 0 Å². The van der Waals surface area contributed by atoms with E-state index in [4.69, 9.17) is 11.6 Å². The van der Waals surface area contributed by atoms with E-state index in [1.54, 1.807) is 0 Å². The fraction of sp³-hybridized carbons (Fsp3) is 0.538. The van der Waals surface area contributed by atoms with Gasteiger partial charge in [0.2, 0.25) is 0 Å². The van der Waals surface area contributed by atoms with Gasteiger partial charge in [0.1, 0.15) is 6.67 Å². The van der Waals surface area contributed by atoms with Gasteiger partial charge in [-0.25, -0.2) is 4.39 Å². The van der Waals surface area contributed by atoms with Crippen LogP contribution in [-0.4, -0.2) is 37.8 Å². The van der Waals surface area contributed by atoms with Gasteiger partial charge >= 0.3 is 6.18 Å². The van der Waals surface area contributed by atoms with Crippen molar-refractivity contribution in [2.45, 2.75) is 12.2 Å². The van der Waals surface area contributed by atoms with Gasteiger partial charge in [0, 0.05) is 26.2 Å². The monoisotopic (exact) mass is 310 g/mol. The van der Waals surface area contributed by atoms with E-state index in [1.807, 2.05) is 4.90 Å². The van der Waals surface area contributed by atoms with Gasteiger partial charge in [0.25, 0.3) is 0 Å². The number of benzene rings is 1. The Morgan fingerprint density at radius 2 is 1.90 bits per heavy atom. The molecule has 0 aliphatic carbocycles. The Hall–Kier alpha value is -0.850. The third-order valence-corrected chi connectivity index (χ3v) is 3.85. The van der Waals surface area contributed by atoms with Crippen molar-refractivity contribution in [1.82, 2.24) is 10.2 Å². The first kappa shape index (κ1) is 15.5. The maximum Gasteiger partial charge on any atom is 0.417 e. The number of piperazine rings is 1. The molecule has 1 saturated heterocycles. The summed E-state index contributed by atoms with van der Waals surface area (Å²) in [7, 11) is 0. The summed E-state index contributed by atoms with van der Waals surface area (Å²) in [6.45, 7) is 1.78. The highest BCUT2D eigenvalue weighted by atomic mass is 35.5. The smallest absolute Gasteiger partial charge is 0.314 e. The Morgan fingerprint density at radius 1 is 1.25 bits per heavy atom. The second kappa shape index (κ2) is 6.28. The number of halogens is 5. The molecule has 2 nitrogen and oxygen atoms in total. The Kier molecular flexibility index (Phi) is 4.88. The van der Waals surface area contributed by atoms with Crippen molar-refractivity contribution in [3.63, 3.8) is 0 Å². The van der Waals surface area contributed by atoms with Gasteiger partial charge in [-0.3, -0.25) is 4.90 Å². The Labute approximate surface area is 119 Å². The Morgan fingerprint density at radius 3 is 2.45 bits per heavy atom. The summed E-state index contributed by atoms with van der Waals surface area (Å²) in [4.78, 5) is 1.82. The van der Waals surface area contributed by atoms with Crippen LogP contribution in [0.4, 0.5) is 17.6 Å². The molecule has 1 N–H and O–H groups in total. The van der Waals surface area contributed by atoms with E-state index in [0.717, 1.165) is 6.07 Å². The van der Waals surface area contributed by atoms with Crippen molar-refractivity contribution in [1.29, 1.82) is 0 Å². The summed E-state index contributed by atoms with van der Waals surface area (Å²) >= 11 is 5.86.